The van der Waals surface area contributed by atoms with E-state index >= 15 is 0 Å². The number of benzene rings is 2. The van der Waals surface area contributed by atoms with Crippen molar-refractivity contribution in [3.05, 3.63) is 59.7 Å². The maximum atomic E-state index is 11.7. The van der Waals surface area contributed by atoms with E-state index in [1.807, 2.05) is 6.07 Å². The molecule has 0 amide bonds. The Kier molecular flexibility index (Phi) is 7.61. The molecule has 0 aliphatic carbocycles. The number of aliphatic carboxylic acids is 2. The van der Waals surface area contributed by atoms with Crippen molar-refractivity contribution in [1.82, 2.24) is 0 Å². The van der Waals surface area contributed by atoms with Gasteiger partial charge in [0.1, 0.15) is 30.8 Å². The molecule has 2 aromatic carbocycles. The van der Waals surface area contributed by atoms with Crippen molar-refractivity contribution in [3.63, 3.8) is 0 Å². The number of aliphatic hydroxyl groups is 1. The van der Waals surface area contributed by atoms with Crippen LogP contribution in [-0.2, 0) is 26.2 Å². The highest BCUT2D eigenvalue weighted by atomic mass is 16.5. The van der Waals surface area contributed by atoms with Crippen LogP contribution in [0.1, 0.15) is 37.8 Å². The molecule has 0 spiro atoms. The molecular weight excluding hydrogens is 428 g/mol. The average molecular weight is 459 g/mol. The topological polar surface area (TPSA) is 123 Å². The number of carbonyl (C=O) groups is 2. The smallest absolute Gasteiger partial charge is 0.336 e. The van der Waals surface area contributed by atoms with E-state index < -0.39 is 29.1 Å². The zero-order valence-corrected chi connectivity index (χ0v) is 18.8. The second-order valence-electron chi connectivity index (χ2n) is 8.81. The highest BCUT2D eigenvalue weighted by Gasteiger charge is 2.43. The van der Waals surface area contributed by atoms with Gasteiger partial charge in [-0.05, 0) is 62.1 Å². The van der Waals surface area contributed by atoms with E-state index in [1.165, 1.54) is 0 Å². The molecule has 1 saturated heterocycles. The molecule has 1 fully saturated rings. The van der Waals surface area contributed by atoms with Crippen molar-refractivity contribution in [1.29, 1.82) is 0 Å². The van der Waals surface area contributed by atoms with Crippen LogP contribution in [0.5, 0.6) is 11.5 Å². The van der Waals surface area contributed by atoms with Gasteiger partial charge in [-0.1, -0.05) is 24.3 Å². The van der Waals surface area contributed by atoms with Crippen LogP contribution in [0.25, 0.3) is 0 Å². The fourth-order valence-electron chi connectivity index (χ4n) is 3.68. The van der Waals surface area contributed by atoms with Gasteiger partial charge in [-0.3, -0.25) is 4.79 Å². The Hall–Kier alpha value is -3.10. The number of aliphatic hydroxyl groups excluding tert-OH is 1. The summed E-state index contributed by atoms with van der Waals surface area (Å²) in [7, 11) is 0. The van der Waals surface area contributed by atoms with E-state index in [1.54, 1.807) is 56.3 Å². The molecule has 1 aliphatic rings. The zero-order chi connectivity index (χ0) is 24.1. The number of hydrogen-bond donors (Lipinski definition) is 3. The van der Waals surface area contributed by atoms with E-state index in [-0.39, 0.29) is 19.6 Å². The first kappa shape index (κ1) is 24.5. The second kappa shape index (κ2) is 10.2. The summed E-state index contributed by atoms with van der Waals surface area (Å²) in [5.41, 5.74) is -0.763. The highest BCUT2D eigenvalue weighted by molar-refractivity contribution is 5.80. The van der Waals surface area contributed by atoms with Crippen LogP contribution in [0.2, 0.25) is 0 Å². The molecule has 0 aromatic heterocycles. The summed E-state index contributed by atoms with van der Waals surface area (Å²) in [6.07, 6.45) is 0.541. The molecule has 1 unspecified atom stereocenters. The molecule has 0 bridgehead atoms. The largest absolute Gasteiger partial charge is 0.491 e. The van der Waals surface area contributed by atoms with Gasteiger partial charge in [0.25, 0.3) is 0 Å². The van der Waals surface area contributed by atoms with Crippen LogP contribution in [-0.4, -0.2) is 58.8 Å². The predicted molar refractivity (Wildman–Crippen MR) is 120 cm³/mol. The number of hydrogen-bond acceptors (Lipinski definition) is 6. The van der Waals surface area contributed by atoms with Crippen molar-refractivity contribution in [2.45, 2.75) is 50.2 Å². The van der Waals surface area contributed by atoms with E-state index in [2.05, 4.69) is 0 Å². The third-order valence-corrected chi connectivity index (χ3v) is 5.88. The lowest BCUT2D eigenvalue weighted by Gasteiger charge is -2.23. The van der Waals surface area contributed by atoms with Gasteiger partial charge in [0, 0.05) is 13.0 Å². The van der Waals surface area contributed by atoms with Crippen molar-refractivity contribution in [2.24, 2.45) is 0 Å². The van der Waals surface area contributed by atoms with Crippen molar-refractivity contribution >= 4 is 11.9 Å². The fourth-order valence-corrected chi connectivity index (χ4v) is 3.68. The summed E-state index contributed by atoms with van der Waals surface area (Å²) in [6, 6.07) is 13.8. The molecule has 3 N–H and O–H groups in total. The Morgan fingerprint density at radius 2 is 1.73 bits per heavy atom. The Bertz CT molecular complexity index is 961. The quantitative estimate of drug-likeness (QED) is 0.470. The van der Waals surface area contributed by atoms with Crippen LogP contribution >= 0.6 is 0 Å². The maximum absolute atomic E-state index is 11.7. The third kappa shape index (κ3) is 6.03. The second-order valence-corrected chi connectivity index (χ2v) is 8.81. The summed E-state index contributed by atoms with van der Waals surface area (Å²) < 4.78 is 16.8. The summed E-state index contributed by atoms with van der Waals surface area (Å²) in [5.74, 6) is -0.845. The fraction of sp³-hybridized carbons (Fsp3) is 0.440. The predicted octanol–water partition coefficient (Wildman–Crippen LogP) is 3.04. The summed E-state index contributed by atoms with van der Waals surface area (Å²) >= 11 is 0. The molecule has 0 radical (unpaired) electrons. The van der Waals surface area contributed by atoms with E-state index in [9.17, 15) is 24.9 Å². The van der Waals surface area contributed by atoms with E-state index in [4.69, 9.17) is 14.2 Å². The lowest BCUT2D eigenvalue weighted by molar-refractivity contribution is -0.159. The Morgan fingerprint density at radius 3 is 2.30 bits per heavy atom. The lowest BCUT2D eigenvalue weighted by Crippen LogP contribution is -2.40. The van der Waals surface area contributed by atoms with Crippen LogP contribution in [0.3, 0.4) is 0 Å². The molecule has 33 heavy (non-hydrogen) atoms. The van der Waals surface area contributed by atoms with Gasteiger partial charge >= 0.3 is 11.9 Å². The number of carboxylic acid groups (broad SMARTS) is 2. The summed E-state index contributed by atoms with van der Waals surface area (Å²) in [4.78, 5) is 23.0. The average Bonchev–Trinajstić information content (AvgIpc) is 3.26. The molecular formula is C25H30O8. The standard InChI is InChI=1S/C25H30O8/c1-24(2,22(27)28)18-7-9-20(10-8-18)31-15-19(26)16-32-21-6-3-5-17(13-21)14-25(23(29)30)11-4-12-33-25/h3,5-10,13,19,26H,4,11-12,14-16H2,1-2H3,(H,27,28)(H,29,30)/t19-,25?/m0/s1. The van der Waals surface area contributed by atoms with E-state index in [0.29, 0.717) is 36.5 Å². The Balaban J connectivity index is 1.50. The van der Waals surface area contributed by atoms with Gasteiger partial charge in [0.05, 0.1) is 5.41 Å². The minimum Gasteiger partial charge on any atom is -0.491 e. The van der Waals surface area contributed by atoms with Gasteiger partial charge in [-0.15, -0.1) is 0 Å². The molecule has 178 valence electrons. The van der Waals surface area contributed by atoms with Crippen LogP contribution in [0.4, 0.5) is 0 Å². The van der Waals surface area contributed by atoms with Crippen LogP contribution in [0, 0.1) is 0 Å². The molecule has 3 rings (SSSR count). The Labute approximate surface area is 192 Å². The number of carboxylic acids is 2. The van der Waals surface area contributed by atoms with E-state index in [0.717, 1.165) is 5.56 Å². The van der Waals surface area contributed by atoms with Gasteiger partial charge in [-0.2, -0.15) is 0 Å². The summed E-state index contributed by atoms with van der Waals surface area (Å²) in [6.45, 7) is 3.69. The molecule has 1 heterocycles. The normalized spacial score (nSPS) is 19.1. The van der Waals surface area contributed by atoms with Gasteiger partial charge in [0.2, 0.25) is 0 Å². The summed E-state index contributed by atoms with van der Waals surface area (Å²) in [5, 5.41) is 29.1. The molecule has 2 atom stereocenters. The highest BCUT2D eigenvalue weighted by Crippen LogP contribution is 2.31. The van der Waals surface area contributed by atoms with Crippen molar-refractivity contribution in [3.8, 4) is 11.5 Å². The van der Waals surface area contributed by atoms with Gasteiger partial charge in [-0.25, -0.2) is 4.79 Å². The molecule has 0 saturated carbocycles. The molecule has 8 nitrogen and oxygen atoms in total. The SMILES string of the molecule is CC(C)(C(=O)O)c1ccc(OC[C@H](O)COc2cccc(CC3(C(=O)O)CCCO3)c2)cc1. The molecule has 8 heteroatoms. The molecule has 1 aliphatic heterocycles. The first-order valence-electron chi connectivity index (χ1n) is 10.9. The lowest BCUT2D eigenvalue weighted by atomic mass is 9.85. The number of rotatable bonds is 11. The maximum Gasteiger partial charge on any atom is 0.336 e. The van der Waals surface area contributed by atoms with Crippen molar-refractivity contribution < 1.29 is 39.1 Å². The van der Waals surface area contributed by atoms with Crippen LogP contribution < -0.4 is 9.47 Å². The zero-order valence-electron chi connectivity index (χ0n) is 18.8. The third-order valence-electron chi connectivity index (χ3n) is 5.88. The van der Waals surface area contributed by atoms with Gasteiger partial charge < -0.3 is 29.5 Å². The minimum atomic E-state index is -1.19. The van der Waals surface area contributed by atoms with Crippen LogP contribution in [0.15, 0.2) is 48.5 Å². The first-order valence-corrected chi connectivity index (χ1v) is 10.9. The van der Waals surface area contributed by atoms with Crippen molar-refractivity contribution in [2.75, 3.05) is 19.8 Å². The minimum absolute atomic E-state index is 0.00265. The first-order chi connectivity index (χ1) is 15.6. The number of ether oxygens (including phenoxy) is 3. The molecule has 2 aromatic rings. The van der Waals surface area contributed by atoms with Gasteiger partial charge in [0.15, 0.2) is 5.60 Å². The monoisotopic (exact) mass is 458 g/mol. The Morgan fingerprint density at radius 1 is 1.06 bits per heavy atom.